The third kappa shape index (κ3) is 3.27. The molecule has 2 atom stereocenters. The molecule has 6 nitrogen and oxygen atoms in total. The summed E-state index contributed by atoms with van der Waals surface area (Å²) in [5.74, 6) is -0.679. The maximum atomic E-state index is 12.3. The van der Waals surface area contributed by atoms with E-state index in [9.17, 15) is 13.2 Å². The molecule has 0 aromatic heterocycles. The second-order valence-electron chi connectivity index (χ2n) is 5.93. The number of nitrogens with one attached hydrogen (secondary N) is 1. The van der Waals surface area contributed by atoms with E-state index in [-0.39, 0.29) is 30.5 Å². The normalized spacial score (nSPS) is 31.8. The van der Waals surface area contributed by atoms with Gasteiger partial charge >= 0.3 is 5.97 Å². The molecular formula is C12H22N2O4S. The van der Waals surface area contributed by atoms with E-state index < -0.39 is 16.2 Å². The molecule has 0 amide bonds. The van der Waals surface area contributed by atoms with Crippen molar-refractivity contribution < 1.29 is 18.3 Å². The van der Waals surface area contributed by atoms with E-state index in [1.807, 2.05) is 0 Å². The molecule has 2 bridgehead atoms. The highest BCUT2D eigenvalue weighted by atomic mass is 32.2. The first-order valence-electron chi connectivity index (χ1n) is 6.82. The highest BCUT2D eigenvalue weighted by Crippen LogP contribution is 2.41. The summed E-state index contributed by atoms with van der Waals surface area (Å²) in [6.07, 6.45) is 3.18. The third-order valence-corrected chi connectivity index (χ3v) is 5.81. The van der Waals surface area contributed by atoms with E-state index in [2.05, 4.69) is 4.72 Å². The summed E-state index contributed by atoms with van der Waals surface area (Å²) in [5.41, 5.74) is 0. The van der Waals surface area contributed by atoms with Crippen molar-refractivity contribution in [2.45, 2.75) is 64.1 Å². The zero-order valence-electron chi connectivity index (χ0n) is 11.4. The van der Waals surface area contributed by atoms with E-state index in [0.717, 1.165) is 12.8 Å². The first kappa shape index (κ1) is 14.7. The molecule has 2 fully saturated rings. The van der Waals surface area contributed by atoms with Crippen molar-refractivity contribution in [3.8, 4) is 0 Å². The van der Waals surface area contributed by atoms with Crippen LogP contribution in [0.2, 0.25) is 0 Å². The molecule has 0 spiro atoms. The second-order valence-corrected chi connectivity index (χ2v) is 7.54. The van der Waals surface area contributed by atoms with Crippen LogP contribution in [-0.2, 0) is 15.0 Å². The monoisotopic (exact) mass is 290 g/mol. The molecule has 0 aromatic carbocycles. The Bertz CT molecular complexity index is 435. The average Bonchev–Trinajstić information content (AvgIpc) is 2.49. The minimum absolute atomic E-state index is 0.0284. The molecule has 2 N–H and O–H groups in total. The van der Waals surface area contributed by atoms with Crippen LogP contribution < -0.4 is 4.72 Å². The third-order valence-electron chi connectivity index (χ3n) is 3.89. The van der Waals surface area contributed by atoms with E-state index in [0.29, 0.717) is 12.8 Å². The minimum Gasteiger partial charge on any atom is -0.481 e. The Labute approximate surface area is 114 Å². The molecule has 2 aliphatic heterocycles. The molecule has 110 valence electrons. The Morgan fingerprint density at radius 2 is 1.84 bits per heavy atom. The second kappa shape index (κ2) is 5.38. The molecule has 0 aromatic rings. The molecule has 2 saturated heterocycles. The number of hydrogen-bond acceptors (Lipinski definition) is 3. The van der Waals surface area contributed by atoms with Crippen molar-refractivity contribution >= 4 is 16.2 Å². The lowest BCUT2D eigenvalue weighted by molar-refractivity contribution is -0.138. The molecule has 2 unspecified atom stereocenters. The van der Waals surface area contributed by atoms with Crippen molar-refractivity contribution in [2.24, 2.45) is 5.92 Å². The quantitative estimate of drug-likeness (QED) is 0.789. The Balaban J connectivity index is 2.09. The Hall–Kier alpha value is -0.660. The lowest BCUT2D eigenvalue weighted by Crippen LogP contribution is -2.52. The van der Waals surface area contributed by atoms with Gasteiger partial charge in [0.2, 0.25) is 0 Å². The van der Waals surface area contributed by atoms with E-state index in [1.165, 1.54) is 0 Å². The zero-order chi connectivity index (χ0) is 14.2. The van der Waals surface area contributed by atoms with Gasteiger partial charge < -0.3 is 5.11 Å². The van der Waals surface area contributed by atoms with Crippen LogP contribution in [0, 0.1) is 5.92 Å². The summed E-state index contributed by atoms with van der Waals surface area (Å²) in [7, 11) is -3.43. The van der Waals surface area contributed by atoms with Gasteiger partial charge in [-0.25, -0.2) is 0 Å². The molecule has 2 aliphatic rings. The first-order valence-corrected chi connectivity index (χ1v) is 8.26. The van der Waals surface area contributed by atoms with Crippen LogP contribution in [0.25, 0.3) is 0 Å². The van der Waals surface area contributed by atoms with E-state index >= 15 is 0 Å². The summed E-state index contributed by atoms with van der Waals surface area (Å²) < 4.78 is 28.8. The van der Waals surface area contributed by atoms with Crippen molar-refractivity contribution in [3.63, 3.8) is 0 Å². The smallest absolute Gasteiger partial charge is 0.303 e. The lowest BCUT2D eigenvalue weighted by Gasteiger charge is -2.37. The van der Waals surface area contributed by atoms with Crippen LogP contribution in [0.3, 0.4) is 0 Å². The first-order chi connectivity index (χ1) is 8.79. The van der Waals surface area contributed by atoms with Crippen LogP contribution >= 0.6 is 0 Å². The van der Waals surface area contributed by atoms with E-state index in [1.54, 1.807) is 18.2 Å². The number of fused-ring (bicyclic) bond motifs is 2. The van der Waals surface area contributed by atoms with Gasteiger partial charge in [-0.05, 0) is 45.4 Å². The summed E-state index contributed by atoms with van der Waals surface area (Å²) in [6.45, 7) is 3.60. The van der Waals surface area contributed by atoms with Crippen molar-refractivity contribution in [1.29, 1.82) is 0 Å². The molecule has 7 heteroatoms. The predicted octanol–water partition coefficient (Wildman–Crippen LogP) is 0.947. The fourth-order valence-corrected chi connectivity index (χ4v) is 5.30. The molecule has 0 saturated carbocycles. The van der Waals surface area contributed by atoms with Gasteiger partial charge in [-0.15, -0.1) is 0 Å². The molecule has 19 heavy (non-hydrogen) atoms. The number of carboxylic acids is 1. The molecular weight excluding hydrogens is 268 g/mol. The molecule has 0 aliphatic carbocycles. The summed E-state index contributed by atoms with van der Waals surface area (Å²) in [5, 5.41) is 8.86. The van der Waals surface area contributed by atoms with Crippen molar-refractivity contribution in [1.82, 2.24) is 9.03 Å². The molecule has 2 heterocycles. The standard InChI is InChI=1S/C12H22N2O4S/c1-8(2)13-19(17,18)14-10-3-4-11(14)6-9(5-10)7-12(15)16/h8-11,13H,3-7H2,1-2H3,(H,15,16). The van der Waals surface area contributed by atoms with Gasteiger partial charge in [0.1, 0.15) is 0 Å². The van der Waals surface area contributed by atoms with Gasteiger partial charge in [0.15, 0.2) is 0 Å². The fraction of sp³-hybridized carbons (Fsp3) is 0.917. The number of hydrogen-bond donors (Lipinski definition) is 2. The highest BCUT2D eigenvalue weighted by Gasteiger charge is 2.46. The van der Waals surface area contributed by atoms with Gasteiger partial charge in [-0.2, -0.15) is 17.4 Å². The minimum atomic E-state index is -3.43. The molecule has 0 radical (unpaired) electrons. The summed E-state index contributed by atoms with van der Waals surface area (Å²) >= 11 is 0. The van der Waals surface area contributed by atoms with Crippen LogP contribution in [0.1, 0.15) is 46.0 Å². The van der Waals surface area contributed by atoms with Gasteiger partial charge in [0, 0.05) is 24.5 Å². The maximum Gasteiger partial charge on any atom is 0.303 e. The van der Waals surface area contributed by atoms with Crippen molar-refractivity contribution in [3.05, 3.63) is 0 Å². The SMILES string of the molecule is CC(C)NS(=O)(=O)N1C2CCC1CC(CC(=O)O)C2. The van der Waals surface area contributed by atoms with Gasteiger partial charge in [0.25, 0.3) is 10.2 Å². The zero-order valence-corrected chi connectivity index (χ0v) is 12.2. The van der Waals surface area contributed by atoms with Crippen molar-refractivity contribution in [2.75, 3.05) is 0 Å². The van der Waals surface area contributed by atoms with Crippen LogP contribution in [0.5, 0.6) is 0 Å². The Kier molecular flexibility index (Phi) is 4.17. The Morgan fingerprint density at radius 3 is 2.26 bits per heavy atom. The van der Waals surface area contributed by atoms with E-state index in [4.69, 9.17) is 5.11 Å². The van der Waals surface area contributed by atoms with Crippen LogP contribution in [-0.4, -0.2) is 41.9 Å². The number of nitrogens with zero attached hydrogens (tertiary/aromatic N) is 1. The van der Waals surface area contributed by atoms with Crippen LogP contribution in [0.4, 0.5) is 0 Å². The topological polar surface area (TPSA) is 86.7 Å². The van der Waals surface area contributed by atoms with Crippen LogP contribution in [0.15, 0.2) is 0 Å². The largest absolute Gasteiger partial charge is 0.481 e. The number of piperidine rings is 1. The number of aliphatic carboxylic acids is 1. The Morgan fingerprint density at radius 1 is 1.32 bits per heavy atom. The fourth-order valence-electron chi connectivity index (χ4n) is 3.41. The number of carboxylic acid groups (broad SMARTS) is 1. The molecule has 2 rings (SSSR count). The summed E-state index contributed by atoms with van der Waals surface area (Å²) in [4.78, 5) is 10.8. The summed E-state index contributed by atoms with van der Waals surface area (Å²) in [6, 6.07) is -0.181. The average molecular weight is 290 g/mol. The maximum absolute atomic E-state index is 12.3. The van der Waals surface area contributed by atoms with Gasteiger partial charge in [0.05, 0.1) is 0 Å². The highest BCUT2D eigenvalue weighted by molar-refractivity contribution is 7.87. The van der Waals surface area contributed by atoms with Gasteiger partial charge in [-0.3, -0.25) is 4.79 Å². The number of carbonyl (C=O) groups is 1. The van der Waals surface area contributed by atoms with Gasteiger partial charge in [-0.1, -0.05) is 0 Å². The lowest BCUT2D eigenvalue weighted by atomic mass is 9.90. The number of rotatable bonds is 5. The predicted molar refractivity (Wildman–Crippen MR) is 70.8 cm³/mol.